The average molecular weight is 334 g/mol. The van der Waals surface area contributed by atoms with Crippen LogP contribution in [0.5, 0.6) is 0 Å². The summed E-state index contributed by atoms with van der Waals surface area (Å²) >= 11 is 1.08. The van der Waals surface area contributed by atoms with E-state index in [-0.39, 0.29) is 5.69 Å². The number of anilines is 2. The number of halogens is 2. The van der Waals surface area contributed by atoms with Crippen LogP contribution >= 0.6 is 11.8 Å². The lowest BCUT2D eigenvalue weighted by Crippen LogP contribution is -2.49. The molecule has 0 saturated carbocycles. The van der Waals surface area contributed by atoms with Crippen LogP contribution in [0.15, 0.2) is 47.4 Å². The molecule has 2 aromatic rings. The Bertz CT molecular complexity index is 812. The summed E-state index contributed by atoms with van der Waals surface area (Å²) in [6.45, 7) is 1.46. The van der Waals surface area contributed by atoms with Crippen LogP contribution in [-0.4, -0.2) is 16.6 Å². The number of para-hydroxylation sites is 1. The molecule has 1 aliphatic heterocycles. The highest BCUT2D eigenvalue weighted by molar-refractivity contribution is 8.02. The molecule has 0 saturated heterocycles. The van der Waals surface area contributed by atoms with E-state index in [1.54, 1.807) is 24.3 Å². The fourth-order valence-electron chi connectivity index (χ4n) is 2.15. The summed E-state index contributed by atoms with van der Waals surface area (Å²) in [5.74, 6) is -2.82. The standard InChI is InChI=1S/C16H12F2N2O2S/c1-16(14(21)19-11-7-6-9(17)8-10(11)18)15(22)20-12-4-2-3-5-13(12)23-16/h2-8H,1H3,(H,19,21)(H,20,22). The molecule has 23 heavy (non-hydrogen) atoms. The van der Waals surface area contributed by atoms with E-state index in [4.69, 9.17) is 0 Å². The first kappa shape index (κ1) is 15.5. The number of thioether (sulfide) groups is 1. The van der Waals surface area contributed by atoms with Crippen molar-refractivity contribution in [2.75, 3.05) is 10.6 Å². The van der Waals surface area contributed by atoms with E-state index in [0.717, 1.165) is 28.8 Å². The number of nitrogens with one attached hydrogen (secondary N) is 2. The third kappa shape index (κ3) is 2.79. The molecule has 4 nitrogen and oxygen atoms in total. The van der Waals surface area contributed by atoms with Crippen LogP contribution in [0, 0.1) is 11.6 Å². The van der Waals surface area contributed by atoms with Gasteiger partial charge in [0.1, 0.15) is 11.6 Å². The lowest BCUT2D eigenvalue weighted by atomic mass is 10.1. The molecule has 118 valence electrons. The number of hydrogen-bond acceptors (Lipinski definition) is 3. The van der Waals surface area contributed by atoms with Crippen LogP contribution < -0.4 is 10.6 Å². The quantitative estimate of drug-likeness (QED) is 0.828. The van der Waals surface area contributed by atoms with Crippen molar-refractivity contribution in [3.8, 4) is 0 Å². The largest absolute Gasteiger partial charge is 0.323 e. The van der Waals surface area contributed by atoms with Gasteiger partial charge >= 0.3 is 0 Å². The first-order valence-corrected chi connectivity index (χ1v) is 7.58. The van der Waals surface area contributed by atoms with Gasteiger partial charge in [0.15, 0.2) is 4.75 Å². The minimum absolute atomic E-state index is 0.176. The molecule has 1 heterocycles. The highest BCUT2D eigenvalue weighted by atomic mass is 32.2. The maximum Gasteiger partial charge on any atom is 0.250 e. The predicted octanol–water partition coefficient (Wildman–Crippen LogP) is 3.41. The van der Waals surface area contributed by atoms with Crippen LogP contribution in [0.3, 0.4) is 0 Å². The highest BCUT2D eigenvalue weighted by Crippen LogP contribution is 2.42. The van der Waals surface area contributed by atoms with Gasteiger partial charge in [0, 0.05) is 11.0 Å². The minimum atomic E-state index is -1.46. The van der Waals surface area contributed by atoms with Crippen molar-refractivity contribution in [3.63, 3.8) is 0 Å². The van der Waals surface area contributed by atoms with Gasteiger partial charge in [-0.15, -0.1) is 0 Å². The monoisotopic (exact) mass is 334 g/mol. The second-order valence-corrected chi connectivity index (χ2v) is 6.62. The number of fused-ring (bicyclic) bond motifs is 1. The topological polar surface area (TPSA) is 58.2 Å². The molecule has 2 aromatic carbocycles. The van der Waals surface area contributed by atoms with E-state index in [0.29, 0.717) is 11.8 Å². The van der Waals surface area contributed by atoms with E-state index in [2.05, 4.69) is 10.6 Å². The highest BCUT2D eigenvalue weighted by Gasteiger charge is 2.46. The van der Waals surface area contributed by atoms with Crippen LogP contribution in [0.4, 0.5) is 20.2 Å². The zero-order chi connectivity index (χ0) is 16.6. The summed E-state index contributed by atoms with van der Waals surface area (Å²) in [4.78, 5) is 25.5. The molecule has 2 N–H and O–H groups in total. The maximum absolute atomic E-state index is 13.7. The van der Waals surface area contributed by atoms with E-state index in [1.165, 1.54) is 6.92 Å². The molecular formula is C16H12F2N2O2S. The predicted molar refractivity (Wildman–Crippen MR) is 84.3 cm³/mol. The number of amides is 2. The molecule has 7 heteroatoms. The zero-order valence-electron chi connectivity index (χ0n) is 12.0. The summed E-state index contributed by atoms with van der Waals surface area (Å²) in [6.07, 6.45) is 0. The summed E-state index contributed by atoms with van der Waals surface area (Å²) in [6, 6.07) is 9.90. The van der Waals surface area contributed by atoms with Crippen LogP contribution in [-0.2, 0) is 9.59 Å². The van der Waals surface area contributed by atoms with E-state index < -0.39 is 28.2 Å². The second kappa shape index (κ2) is 5.66. The van der Waals surface area contributed by atoms with Crippen molar-refractivity contribution in [2.45, 2.75) is 16.6 Å². The maximum atomic E-state index is 13.7. The average Bonchev–Trinajstić information content (AvgIpc) is 2.51. The summed E-state index contributed by atoms with van der Waals surface area (Å²) in [5, 5.41) is 5.01. The van der Waals surface area contributed by atoms with Gasteiger partial charge in [0.25, 0.3) is 0 Å². The number of carbonyl (C=O) groups is 2. The Morgan fingerprint density at radius 2 is 1.96 bits per heavy atom. The van der Waals surface area contributed by atoms with Crippen molar-refractivity contribution in [3.05, 3.63) is 54.1 Å². The number of hydrogen-bond donors (Lipinski definition) is 2. The van der Waals surface area contributed by atoms with Gasteiger partial charge < -0.3 is 10.6 Å². The lowest BCUT2D eigenvalue weighted by Gasteiger charge is -2.31. The molecule has 0 radical (unpaired) electrons. The Morgan fingerprint density at radius 1 is 1.22 bits per heavy atom. The molecule has 2 amide bonds. The molecule has 0 fully saturated rings. The van der Waals surface area contributed by atoms with Crippen LogP contribution in [0.25, 0.3) is 0 Å². The van der Waals surface area contributed by atoms with Crippen molar-refractivity contribution in [1.82, 2.24) is 0 Å². The Labute approximate surface area is 135 Å². The Kier molecular flexibility index (Phi) is 3.81. The fourth-order valence-corrected chi connectivity index (χ4v) is 3.25. The first-order valence-electron chi connectivity index (χ1n) is 6.76. The molecule has 1 atom stereocenters. The number of rotatable bonds is 2. The van der Waals surface area contributed by atoms with Gasteiger partial charge in [-0.2, -0.15) is 0 Å². The van der Waals surface area contributed by atoms with Crippen LogP contribution in [0.1, 0.15) is 6.92 Å². The Balaban J connectivity index is 1.88. The van der Waals surface area contributed by atoms with Gasteiger partial charge in [-0.3, -0.25) is 9.59 Å². The van der Waals surface area contributed by atoms with Crippen LogP contribution in [0.2, 0.25) is 0 Å². The zero-order valence-corrected chi connectivity index (χ0v) is 12.8. The third-order valence-electron chi connectivity index (χ3n) is 3.50. The van der Waals surface area contributed by atoms with Gasteiger partial charge in [-0.05, 0) is 31.2 Å². The van der Waals surface area contributed by atoms with E-state index >= 15 is 0 Å². The van der Waals surface area contributed by atoms with Crippen molar-refractivity contribution < 1.29 is 18.4 Å². The second-order valence-electron chi connectivity index (χ2n) is 5.16. The van der Waals surface area contributed by atoms with E-state index in [9.17, 15) is 18.4 Å². The fraction of sp³-hybridized carbons (Fsp3) is 0.125. The van der Waals surface area contributed by atoms with Gasteiger partial charge in [0.05, 0.1) is 11.4 Å². The summed E-state index contributed by atoms with van der Waals surface area (Å²) in [5.41, 5.74) is 0.450. The number of benzene rings is 2. The number of carbonyl (C=O) groups excluding carboxylic acids is 2. The van der Waals surface area contributed by atoms with Gasteiger partial charge in [-0.1, -0.05) is 23.9 Å². The smallest absolute Gasteiger partial charge is 0.250 e. The molecular weight excluding hydrogens is 322 g/mol. The first-order chi connectivity index (χ1) is 10.9. The molecule has 0 aromatic heterocycles. The SMILES string of the molecule is CC1(C(=O)Nc2ccc(F)cc2F)Sc2ccccc2NC1=O. The van der Waals surface area contributed by atoms with Crippen molar-refractivity contribution >= 4 is 35.0 Å². The van der Waals surface area contributed by atoms with Crippen molar-refractivity contribution in [1.29, 1.82) is 0 Å². The summed E-state index contributed by atoms with van der Waals surface area (Å²) in [7, 11) is 0. The molecule has 0 bridgehead atoms. The normalized spacial score (nSPS) is 19.7. The van der Waals surface area contributed by atoms with Crippen molar-refractivity contribution in [2.24, 2.45) is 0 Å². The third-order valence-corrected chi connectivity index (χ3v) is 4.85. The van der Waals surface area contributed by atoms with E-state index in [1.807, 2.05) is 0 Å². The lowest BCUT2D eigenvalue weighted by molar-refractivity contribution is -0.126. The molecule has 1 unspecified atom stereocenters. The molecule has 0 aliphatic carbocycles. The minimum Gasteiger partial charge on any atom is -0.323 e. The Morgan fingerprint density at radius 3 is 2.70 bits per heavy atom. The van der Waals surface area contributed by atoms with Gasteiger partial charge in [0.2, 0.25) is 11.8 Å². The molecule has 1 aliphatic rings. The summed E-state index contributed by atoms with van der Waals surface area (Å²) < 4.78 is 25.1. The molecule has 3 rings (SSSR count). The molecule has 0 spiro atoms. The Hall–Kier alpha value is -2.41. The van der Waals surface area contributed by atoms with Gasteiger partial charge in [-0.25, -0.2) is 8.78 Å².